The van der Waals surface area contributed by atoms with Crippen LogP contribution in [0.2, 0.25) is 0 Å². The van der Waals surface area contributed by atoms with Gasteiger partial charge in [-0.15, -0.1) is 5.06 Å². The van der Waals surface area contributed by atoms with Gasteiger partial charge in [0.1, 0.15) is 0 Å². The van der Waals surface area contributed by atoms with Gasteiger partial charge < -0.3 is 0 Å². The molecule has 4 heterocycles. The molecule has 0 N–H and O–H groups in total. The molecule has 0 unspecified atom stereocenters. The smallest absolute Gasteiger partial charge is 0.231 e. The van der Waals surface area contributed by atoms with Crippen LogP contribution in [0.25, 0.3) is 0 Å². The van der Waals surface area contributed by atoms with Gasteiger partial charge in [-0.3, -0.25) is 0 Å². The van der Waals surface area contributed by atoms with Gasteiger partial charge in [-0.2, -0.15) is 4.62 Å². The molecule has 2 bridgehead atoms. The molecular weight excluding hydrogens is 217 g/mol. The Hall–Kier alpha value is -0.710. The first-order valence-corrected chi connectivity index (χ1v) is 6.25. The monoisotopic (exact) mass is 225 g/mol. The first-order chi connectivity index (χ1) is 7.22. The van der Waals surface area contributed by atoms with Gasteiger partial charge in [0.2, 0.25) is 0 Å². The van der Waals surface area contributed by atoms with Crippen molar-refractivity contribution < 1.29 is 18.2 Å². The van der Waals surface area contributed by atoms with Gasteiger partial charge in [-0.25, -0.2) is 13.6 Å². The van der Waals surface area contributed by atoms with E-state index in [-0.39, 0.29) is 0 Å². The van der Waals surface area contributed by atoms with E-state index in [0.29, 0.717) is 6.54 Å². The highest BCUT2D eigenvalue weighted by Gasteiger charge is 2.73. The maximum Gasteiger partial charge on any atom is 0.499 e. The van der Waals surface area contributed by atoms with E-state index in [1.165, 1.54) is 5.06 Å². The van der Waals surface area contributed by atoms with Crippen LogP contribution < -0.4 is 0 Å². The lowest BCUT2D eigenvalue weighted by atomic mass is 9.98. The van der Waals surface area contributed by atoms with E-state index in [1.54, 1.807) is 0 Å². The Balaban J connectivity index is 1.94. The van der Waals surface area contributed by atoms with E-state index in [1.807, 2.05) is 24.3 Å². The summed E-state index contributed by atoms with van der Waals surface area (Å²) in [6, 6.07) is 7.82. The minimum Gasteiger partial charge on any atom is -0.231 e. The highest BCUT2D eigenvalue weighted by molar-refractivity contribution is 7.50. The second-order valence-corrected chi connectivity index (χ2v) is 5.23. The van der Waals surface area contributed by atoms with Gasteiger partial charge in [0.25, 0.3) is 5.91 Å². The molecule has 6 heteroatoms. The van der Waals surface area contributed by atoms with Crippen molar-refractivity contribution in [2.24, 2.45) is 0 Å². The lowest BCUT2D eigenvalue weighted by molar-refractivity contribution is -0.293. The standard InChI is InChI=1S/C9H8NO4P/c11-15-12-9(13-15)8-4-2-1-3-7(8)5-6-10(9)14-15/h1-4H,5-6H2. The largest absolute Gasteiger partial charge is 0.499 e. The number of phosphoric acid groups is 1. The van der Waals surface area contributed by atoms with Crippen LogP contribution in [0.15, 0.2) is 24.3 Å². The van der Waals surface area contributed by atoms with E-state index < -0.39 is 13.7 Å². The summed E-state index contributed by atoms with van der Waals surface area (Å²) in [5.41, 5.74) is 2.06. The predicted molar refractivity (Wildman–Crippen MR) is 49.4 cm³/mol. The van der Waals surface area contributed by atoms with Crippen molar-refractivity contribution >= 4 is 7.82 Å². The van der Waals surface area contributed by atoms with Gasteiger partial charge in [0.15, 0.2) is 0 Å². The molecule has 0 radical (unpaired) electrons. The fourth-order valence-corrected chi connectivity index (χ4v) is 3.79. The summed E-state index contributed by atoms with van der Waals surface area (Å²) in [5.74, 6) is -1.02. The molecule has 1 aromatic rings. The molecule has 4 aliphatic rings. The summed E-state index contributed by atoms with van der Waals surface area (Å²) in [4.78, 5) is 0. The van der Waals surface area contributed by atoms with Gasteiger partial charge in [0.05, 0.1) is 0 Å². The average molecular weight is 225 g/mol. The number of hydrogen-bond donors (Lipinski definition) is 0. The average Bonchev–Trinajstić information content (AvgIpc) is 2.65. The van der Waals surface area contributed by atoms with Crippen molar-refractivity contribution in [2.45, 2.75) is 12.3 Å². The van der Waals surface area contributed by atoms with E-state index in [9.17, 15) is 4.57 Å². The minimum atomic E-state index is -3.24. The number of hydroxylamine groups is 2. The molecule has 0 saturated carbocycles. The molecule has 5 nitrogen and oxygen atoms in total. The predicted octanol–water partition coefficient (Wildman–Crippen LogP) is 1.76. The summed E-state index contributed by atoms with van der Waals surface area (Å²) in [7, 11) is -3.24. The molecule has 0 aromatic heterocycles. The van der Waals surface area contributed by atoms with Crippen molar-refractivity contribution in [3.8, 4) is 0 Å². The van der Waals surface area contributed by atoms with Crippen molar-refractivity contribution in [2.75, 3.05) is 6.54 Å². The maximum absolute atomic E-state index is 11.5. The third kappa shape index (κ3) is 0.864. The SMILES string of the molecule is O=P12ON3CCc4ccccc4C3(O1)O2. The molecule has 15 heavy (non-hydrogen) atoms. The first-order valence-electron chi connectivity index (χ1n) is 4.79. The number of hydrogen-bond acceptors (Lipinski definition) is 5. The van der Waals surface area contributed by atoms with E-state index >= 15 is 0 Å². The second kappa shape index (κ2) is 2.34. The quantitative estimate of drug-likeness (QED) is 0.629. The van der Waals surface area contributed by atoms with Crippen LogP contribution in [-0.4, -0.2) is 11.6 Å². The molecular formula is C9H8NO4P. The van der Waals surface area contributed by atoms with Gasteiger partial charge in [-0.05, 0) is 12.0 Å². The van der Waals surface area contributed by atoms with Crippen LogP contribution in [0.5, 0.6) is 0 Å². The van der Waals surface area contributed by atoms with Crippen LogP contribution in [-0.2, 0) is 30.6 Å². The molecule has 0 atom stereocenters. The maximum atomic E-state index is 11.5. The second-order valence-electron chi connectivity index (χ2n) is 3.80. The summed E-state index contributed by atoms with van der Waals surface area (Å²) < 4.78 is 27.2. The van der Waals surface area contributed by atoms with Crippen molar-refractivity contribution in [1.82, 2.24) is 5.06 Å². The molecule has 0 aliphatic carbocycles. The topological polar surface area (TPSA) is 48.0 Å². The zero-order chi connectivity index (χ0) is 10.1. The van der Waals surface area contributed by atoms with E-state index in [0.717, 1.165) is 17.5 Å². The molecule has 0 amide bonds. The Labute approximate surface area is 86.1 Å². The summed E-state index contributed by atoms with van der Waals surface area (Å²) in [5, 5.41) is 1.54. The molecule has 3 saturated heterocycles. The van der Waals surface area contributed by atoms with E-state index in [2.05, 4.69) is 0 Å². The van der Waals surface area contributed by atoms with Crippen LogP contribution in [0.1, 0.15) is 11.1 Å². The van der Waals surface area contributed by atoms with Crippen LogP contribution in [0.3, 0.4) is 0 Å². The van der Waals surface area contributed by atoms with Crippen molar-refractivity contribution in [3.05, 3.63) is 35.4 Å². The highest BCUT2D eigenvalue weighted by atomic mass is 31.2. The normalized spacial score (nSPS) is 41.9. The number of nitrogens with zero attached hydrogens (tertiary/aromatic N) is 1. The zero-order valence-electron chi connectivity index (χ0n) is 7.75. The van der Waals surface area contributed by atoms with Crippen LogP contribution >= 0.6 is 7.82 Å². The van der Waals surface area contributed by atoms with Crippen molar-refractivity contribution in [3.63, 3.8) is 0 Å². The summed E-state index contributed by atoms with van der Waals surface area (Å²) in [6.07, 6.45) is 0.852. The highest BCUT2D eigenvalue weighted by Crippen LogP contribution is 2.77. The molecule has 1 spiro atoms. The lowest BCUT2D eigenvalue weighted by Gasteiger charge is -2.39. The molecule has 3 fully saturated rings. The number of benzene rings is 1. The van der Waals surface area contributed by atoms with Crippen LogP contribution in [0, 0.1) is 0 Å². The molecule has 1 aromatic carbocycles. The third-order valence-corrected chi connectivity index (χ3v) is 4.28. The Kier molecular flexibility index (Phi) is 1.32. The minimum absolute atomic E-state index is 0.640. The zero-order valence-corrected chi connectivity index (χ0v) is 8.65. The Morgan fingerprint density at radius 3 is 3.00 bits per heavy atom. The fourth-order valence-electron chi connectivity index (χ4n) is 2.30. The Morgan fingerprint density at radius 2 is 2.13 bits per heavy atom. The van der Waals surface area contributed by atoms with Gasteiger partial charge in [-0.1, -0.05) is 24.3 Å². The van der Waals surface area contributed by atoms with Gasteiger partial charge in [0, 0.05) is 12.1 Å². The molecule has 4 aliphatic heterocycles. The molecule has 5 rings (SSSR count). The number of fused-ring (bicyclic) bond motifs is 1. The first kappa shape index (κ1) is 8.44. The van der Waals surface area contributed by atoms with Crippen molar-refractivity contribution in [1.29, 1.82) is 0 Å². The fraction of sp³-hybridized carbons (Fsp3) is 0.333. The number of phosphoric ester groups is 1. The van der Waals surface area contributed by atoms with Gasteiger partial charge >= 0.3 is 7.82 Å². The van der Waals surface area contributed by atoms with E-state index in [4.69, 9.17) is 13.7 Å². The summed E-state index contributed by atoms with van der Waals surface area (Å²) in [6.45, 7) is 0.640. The third-order valence-electron chi connectivity index (χ3n) is 2.94. The molecule has 78 valence electrons. The Bertz CT molecular complexity index is 493. The summed E-state index contributed by atoms with van der Waals surface area (Å²) >= 11 is 0. The number of rotatable bonds is 0. The lowest BCUT2D eigenvalue weighted by Crippen LogP contribution is -2.48. The Morgan fingerprint density at radius 1 is 1.33 bits per heavy atom. The van der Waals surface area contributed by atoms with Crippen LogP contribution in [0.4, 0.5) is 0 Å².